The molecule has 3 aromatic rings. The Hall–Kier alpha value is -1.41. The molecule has 2 aromatic carbocycles. The minimum Gasteiger partial charge on any atom is -0.494 e. The maximum Gasteiger partial charge on any atom is 0.197 e. The summed E-state index contributed by atoms with van der Waals surface area (Å²) in [6.45, 7) is 6.96. The summed E-state index contributed by atoms with van der Waals surface area (Å²) in [5, 5.41) is 0.818. The number of carbonyl (C=O) groups is 1. The number of para-hydroxylation sites is 1. The third-order valence-electron chi connectivity index (χ3n) is 4.22. The molecule has 28 heavy (non-hydrogen) atoms. The highest BCUT2D eigenvalue weighted by Crippen LogP contribution is 2.36. The van der Waals surface area contributed by atoms with Crippen LogP contribution in [0.25, 0.3) is 11.0 Å². The molecule has 1 aromatic heterocycles. The first-order chi connectivity index (χ1) is 13.2. The van der Waals surface area contributed by atoms with E-state index in [1.807, 2.05) is 24.3 Å². The van der Waals surface area contributed by atoms with Gasteiger partial charge in [-0.1, -0.05) is 18.2 Å². The van der Waals surface area contributed by atoms with Crippen LogP contribution in [0.5, 0.6) is 5.75 Å². The topological polar surface area (TPSA) is 48.7 Å². The highest BCUT2D eigenvalue weighted by atomic mass is 79.9. The summed E-state index contributed by atoms with van der Waals surface area (Å²) in [6, 6.07) is 11.2. The molecule has 7 heteroatoms. The van der Waals surface area contributed by atoms with Crippen molar-refractivity contribution in [1.29, 1.82) is 0 Å². The lowest BCUT2D eigenvalue weighted by Gasteiger charge is -2.16. The van der Waals surface area contributed by atoms with Crippen LogP contribution in [0.1, 0.15) is 21.7 Å². The Labute approximate surface area is 182 Å². The number of hydrogen-bond donors (Lipinski definition) is 0. The van der Waals surface area contributed by atoms with Gasteiger partial charge < -0.3 is 13.6 Å². The largest absolute Gasteiger partial charge is 0.494 e. The van der Waals surface area contributed by atoms with Gasteiger partial charge in [0.05, 0.1) is 21.6 Å². The third kappa shape index (κ3) is 4.59. The van der Waals surface area contributed by atoms with Crippen LogP contribution in [-0.2, 0) is 10.8 Å². The Balaban J connectivity index is 2.03. The van der Waals surface area contributed by atoms with E-state index >= 15 is 0 Å². The predicted octanol–water partition coefficient (Wildman–Crippen LogP) is 6.59. The Morgan fingerprint density at radius 2 is 1.75 bits per heavy atom. The number of fused-ring (bicyclic) bond motifs is 1. The molecule has 0 bridgehead atoms. The second-order valence-corrected chi connectivity index (χ2v) is 13.6. The van der Waals surface area contributed by atoms with Gasteiger partial charge in [-0.3, -0.25) is 4.79 Å². The van der Waals surface area contributed by atoms with Gasteiger partial charge in [0.25, 0.3) is 0 Å². The summed E-state index contributed by atoms with van der Waals surface area (Å²) >= 11 is 6.95. The third-order valence-corrected chi connectivity index (χ3v) is 6.47. The van der Waals surface area contributed by atoms with Crippen molar-refractivity contribution < 1.29 is 18.4 Å². The fourth-order valence-electron chi connectivity index (χ4n) is 3.00. The Bertz CT molecular complexity index is 998. The first-order valence-electron chi connectivity index (χ1n) is 8.93. The Morgan fingerprint density at radius 3 is 2.36 bits per heavy atom. The summed E-state index contributed by atoms with van der Waals surface area (Å²) in [5.74, 6) is 1.22. The van der Waals surface area contributed by atoms with Crippen LogP contribution in [-0.4, -0.2) is 27.8 Å². The second kappa shape index (κ2) is 8.53. The lowest BCUT2D eigenvalue weighted by atomic mass is 9.99. The van der Waals surface area contributed by atoms with Gasteiger partial charge in [-0.25, -0.2) is 0 Å². The molecule has 148 valence electrons. The smallest absolute Gasteiger partial charge is 0.197 e. The SMILES string of the molecule is COc1c(Br)cc(C(=O)c2c(CCO[Si](C)(C)C)oc3ccccc23)cc1Br. The van der Waals surface area contributed by atoms with Gasteiger partial charge in [-0.2, -0.15) is 0 Å². The molecule has 0 unspecified atom stereocenters. The predicted molar refractivity (Wildman–Crippen MR) is 121 cm³/mol. The second-order valence-electron chi connectivity index (χ2n) is 7.41. The zero-order chi connectivity index (χ0) is 20.5. The number of hydrogen-bond acceptors (Lipinski definition) is 4. The van der Waals surface area contributed by atoms with E-state index in [4.69, 9.17) is 13.6 Å². The highest BCUT2D eigenvalue weighted by molar-refractivity contribution is 9.11. The summed E-state index contributed by atoms with van der Waals surface area (Å²) in [4.78, 5) is 13.4. The van der Waals surface area contributed by atoms with Crippen molar-refractivity contribution in [3.63, 3.8) is 0 Å². The van der Waals surface area contributed by atoms with E-state index in [1.54, 1.807) is 19.2 Å². The number of carbonyl (C=O) groups excluding carboxylic acids is 1. The van der Waals surface area contributed by atoms with E-state index in [-0.39, 0.29) is 5.78 Å². The fourth-order valence-corrected chi connectivity index (χ4v) is 5.23. The van der Waals surface area contributed by atoms with E-state index in [1.165, 1.54) is 0 Å². The van der Waals surface area contributed by atoms with Crippen LogP contribution in [0, 0.1) is 0 Å². The van der Waals surface area contributed by atoms with Gasteiger partial charge in [0.2, 0.25) is 0 Å². The molecule has 0 N–H and O–H groups in total. The zero-order valence-electron chi connectivity index (χ0n) is 16.3. The number of methoxy groups -OCH3 is 1. The molecule has 0 aliphatic carbocycles. The number of rotatable bonds is 7. The van der Waals surface area contributed by atoms with Crippen molar-refractivity contribution in [3.8, 4) is 5.75 Å². The molecule has 0 saturated carbocycles. The number of ketones is 1. The van der Waals surface area contributed by atoms with Crippen molar-refractivity contribution in [2.24, 2.45) is 0 Å². The summed E-state index contributed by atoms with van der Waals surface area (Å²) in [7, 11) is -0.0471. The normalized spacial score (nSPS) is 11.8. The van der Waals surface area contributed by atoms with Crippen molar-refractivity contribution in [1.82, 2.24) is 0 Å². The van der Waals surface area contributed by atoms with Crippen molar-refractivity contribution in [2.75, 3.05) is 13.7 Å². The van der Waals surface area contributed by atoms with E-state index in [0.29, 0.717) is 50.2 Å². The molecule has 0 aliphatic heterocycles. The maximum atomic E-state index is 13.4. The molecule has 0 radical (unpaired) electrons. The van der Waals surface area contributed by atoms with Crippen molar-refractivity contribution in [2.45, 2.75) is 26.1 Å². The standard InChI is InChI=1S/C21H22Br2O4Si/c1-25-21-15(22)11-13(12-16(21)23)20(24)19-14-7-5-6-8-17(14)27-18(19)9-10-26-28(2,3)4/h5-8,11-12H,9-10H2,1-4H3. The Kier molecular flexibility index (Phi) is 6.49. The van der Waals surface area contributed by atoms with Gasteiger partial charge in [0, 0.05) is 24.0 Å². The average Bonchev–Trinajstić information content (AvgIpc) is 2.97. The molecule has 0 amide bonds. The first kappa shape index (κ1) is 21.3. The summed E-state index contributed by atoms with van der Waals surface area (Å²) in [5.41, 5.74) is 1.86. The van der Waals surface area contributed by atoms with E-state index in [2.05, 4.69) is 51.5 Å². The highest BCUT2D eigenvalue weighted by Gasteiger charge is 2.24. The minimum atomic E-state index is -1.64. The van der Waals surface area contributed by atoms with Gasteiger partial charge in [0.15, 0.2) is 14.1 Å². The maximum absolute atomic E-state index is 13.4. The minimum absolute atomic E-state index is 0.0861. The number of ether oxygens (including phenoxy) is 1. The average molecular weight is 526 g/mol. The zero-order valence-corrected chi connectivity index (χ0v) is 20.4. The van der Waals surface area contributed by atoms with Gasteiger partial charge in [0.1, 0.15) is 17.1 Å². The monoisotopic (exact) mass is 524 g/mol. The van der Waals surface area contributed by atoms with E-state index < -0.39 is 8.32 Å². The molecule has 0 spiro atoms. The number of furan rings is 1. The van der Waals surface area contributed by atoms with Crippen LogP contribution < -0.4 is 4.74 Å². The van der Waals surface area contributed by atoms with E-state index in [0.717, 1.165) is 5.39 Å². The number of halogens is 2. The molecule has 0 fully saturated rings. The van der Waals surface area contributed by atoms with Gasteiger partial charge in [-0.05, 0) is 69.7 Å². The summed E-state index contributed by atoms with van der Waals surface area (Å²) < 4.78 is 18.8. The molecule has 3 rings (SSSR count). The Morgan fingerprint density at radius 1 is 1.11 bits per heavy atom. The van der Waals surface area contributed by atoms with Crippen LogP contribution >= 0.6 is 31.9 Å². The van der Waals surface area contributed by atoms with Crippen LogP contribution in [0.4, 0.5) is 0 Å². The number of benzene rings is 2. The molecule has 4 nitrogen and oxygen atoms in total. The molecule has 0 atom stereocenters. The fraction of sp³-hybridized carbons (Fsp3) is 0.286. The molecular formula is C21H22Br2O4Si. The van der Waals surface area contributed by atoms with E-state index in [9.17, 15) is 4.79 Å². The van der Waals surface area contributed by atoms with Crippen LogP contribution in [0.2, 0.25) is 19.6 Å². The van der Waals surface area contributed by atoms with Crippen molar-refractivity contribution in [3.05, 3.63) is 62.2 Å². The lowest BCUT2D eigenvalue weighted by molar-refractivity contribution is 0.103. The van der Waals surface area contributed by atoms with Crippen molar-refractivity contribution >= 4 is 56.9 Å². The summed E-state index contributed by atoms with van der Waals surface area (Å²) in [6.07, 6.45) is 0.554. The lowest BCUT2D eigenvalue weighted by Crippen LogP contribution is -2.26. The molecule has 0 aliphatic rings. The van der Waals surface area contributed by atoms with Gasteiger partial charge >= 0.3 is 0 Å². The molecular weight excluding hydrogens is 504 g/mol. The van der Waals surface area contributed by atoms with Gasteiger partial charge in [-0.15, -0.1) is 0 Å². The van der Waals surface area contributed by atoms with Crippen LogP contribution in [0.3, 0.4) is 0 Å². The molecule has 1 heterocycles. The molecule has 0 saturated heterocycles. The first-order valence-corrected chi connectivity index (χ1v) is 13.9. The quantitative estimate of drug-likeness (QED) is 0.258. The van der Waals surface area contributed by atoms with Crippen LogP contribution in [0.15, 0.2) is 49.8 Å².